The van der Waals surface area contributed by atoms with Crippen LogP contribution in [-0.2, 0) is 11.2 Å². The number of halogens is 1. The maximum Gasteiger partial charge on any atom is 0.224 e. The average molecular weight is 434 g/mol. The van der Waals surface area contributed by atoms with Crippen molar-refractivity contribution in [2.45, 2.75) is 45.6 Å². The standard InChI is InChI=1S/C25H28FN5O/c1-17-13-18(2)30-25(29-17)27-11-10-24(32)31-12-4-7-23(31)22-9-8-20(16-28-22)14-19-5-3-6-21(26)15-19/h3,5-6,8-9,13,15-16,23H,4,7,10-12,14H2,1-2H3,(H,27,29,30)/t23-/m1/s1. The van der Waals surface area contributed by atoms with Gasteiger partial charge in [0.15, 0.2) is 0 Å². The van der Waals surface area contributed by atoms with Crippen LogP contribution < -0.4 is 5.32 Å². The predicted octanol–water partition coefficient (Wildman–Crippen LogP) is 4.38. The van der Waals surface area contributed by atoms with E-state index in [2.05, 4.69) is 20.3 Å². The quantitative estimate of drug-likeness (QED) is 0.599. The molecular formula is C25H28FN5O. The van der Waals surface area contributed by atoms with E-state index < -0.39 is 0 Å². The highest BCUT2D eigenvalue weighted by Crippen LogP contribution is 2.31. The van der Waals surface area contributed by atoms with Gasteiger partial charge in [-0.2, -0.15) is 0 Å². The number of carbonyl (C=O) groups is 1. The van der Waals surface area contributed by atoms with E-state index >= 15 is 0 Å². The van der Waals surface area contributed by atoms with Crippen molar-refractivity contribution in [3.8, 4) is 0 Å². The number of hydrogen-bond donors (Lipinski definition) is 1. The summed E-state index contributed by atoms with van der Waals surface area (Å²) >= 11 is 0. The maximum atomic E-state index is 13.4. The first-order valence-corrected chi connectivity index (χ1v) is 11.0. The smallest absolute Gasteiger partial charge is 0.224 e. The van der Waals surface area contributed by atoms with Crippen LogP contribution in [0.1, 0.15) is 53.5 Å². The van der Waals surface area contributed by atoms with E-state index in [1.165, 1.54) is 6.07 Å². The molecule has 0 aliphatic carbocycles. The molecule has 0 spiro atoms. The molecule has 0 unspecified atom stereocenters. The molecule has 1 fully saturated rings. The molecule has 1 aromatic carbocycles. The van der Waals surface area contributed by atoms with Crippen LogP contribution >= 0.6 is 0 Å². The van der Waals surface area contributed by atoms with Gasteiger partial charge in [-0.1, -0.05) is 18.2 Å². The van der Waals surface area contributed by atoms with E-state index in [4.69, 9.17) is 0 Å². The second-order valence-electron chi connectivity index (χ2n) is 8.29. The fraction of sp³-hybridized carbons (Fsp3) is 0.360. The highest BCUT2D eigenvalue weighted by Gasteiger charge is 2.30. The third-order valence-electron chi connectivity index (χ3n) is 5.66. The molecule has 1 atom stereocenters. The Balaban J connectivity index is 1.34. The molecule has 1 N–H and O–H groups in total. The summed E-state index contributed by atoms with van der Waals surface area (Å²) in [6.45, 7) is 5.09. The minimum absolute atomic E-state index is 0.00295. The summed E-state index contributed by atoms with van der Waals surface area (Å²) in [6.07, 6.45) is 4.72. The number of carbonyl (C=O) groups excluding carboxylic acids is 1. The summed E-state index contributed by atoms with van der Waals surface area (Å²) < 4.78 is 13.4. The summed E-state index contributed by atoms with van der Waals surface area (Å²) in [7, 11) is 0. The van der Waals surface area contributed by atoms with Gasteiger partial charge in [0.05, 0.1) is 11.7 Å². The summed E-state index contributed by atoms with van der Waals surface area (Å²) in [5.74, 6) is 0.435. The van der Waals surface area contributed by atoms with Crippen LogP contribution in [0, 0.1) is 19.7 Å². The number of aryl methyl sites for hydroxylation is 2. The second-order valence-corrected chi connectivity index (χ2v) is 8.29. The number of aromatic nitrogens is 3. The molecule has 166 valence electrons. The highest BCUT2D eigenvalue weighted by atomic mass is 19.1. The summed E-state index contributed by atoms with van der Waals surface area (Å²) in [5, 5.41) is 3.16. The molecule has 3 heterocycles. The molecule has 0 bridgehead atoms. The van der Waals surface area contributed by atoms with E-state index in [1.54, 1.807) is 12.1 Å². The van der Waals surface area contributed by atoms with Gasteiger partial charge in [0.2, 0.25) is 11.9 Å². The molecule has 3 aromatic rings. The second kappa shape index (κ2) is 9.85. The monoisotopic (exact) mass is 433 g/mol. The number of rotatable bonds is 7. The predicted molar refractivity (Wildman–Crippen MR) is 122 cm³/mol. The van der Waals surface area contributed by atoms with Gasteiger partial charge in [-0.25, -0.2) is 14.4 Å². The van der Waals surface area contributed by atoms with Crippen LogP contribution in [0.5, 0.6) is 0 Å². The largest absolute Gasteiger partial charge is 0.354 e. The van der Waals surface area contributed by atoms with Gasteiger partial charge < -0.3 is 10.2 Å². The molecule has 2 aromatic heterocycles. The third kappa shape index (κ3) is 5.46. The first-order chi connectivity index (χ1) is 15.5. The molecule has 4 rings (SSSR count). The van der Waals surface area contributed by atoms with E-state index in [1.807, 2.05) is 49.2 Å². The van der Waals surface area contributed by atoms with E-state index in [0.717, 1.165) is 47.6 Å². The van der Waals surface area contributed by atoms with Crippen molar-refractivity contribution in [3.05, 3.63) is 82.7 Å². The molecule has 6 nitrogen and oxygen atoms in total. The lowest BCUT2D eigenvalue weighted by Crippen LogP contribution is -2.32. The van der Waals surface area contributed by atoms with Gasteiger partial charge in [0, 0.05) is 37.1 Å². The number of nitrogens with zero attached hydrogens (tertiary/aromatic N) is 4. The number of likely N-dealkylation sites (tertiary alicyclic amines) is 1. The van der Waals surface area contributed by atoms with Crippen molar-refractivity contribution in [3.63, 3.8) is 0 Å². The topological polar surface area (TPSA) is 71.0 Å². The van der Waals surface area contributed by atoms with Crippen molar-refractivity contribution >= 4 is 11.9 Å². The van der Waals surface area contributed by atoms with Gasteiger partial charge >= 0.3 is 0 Å². The third-order valence-corrected chi connectivity index (χ3v) is 5.66. The first kappa shape index (κ1) is 21.9. The number of nitrogens with one attached hydrogen (secondary N) is 1. The number of hydrogen-bond acceptors (Lipinski definition) is 5. The van der Waals surface area contributed by atoms with Gasteiger partial charge in [-0.15, -0.1) is 0 Å². The van der Waals surface area contributed by atoms with Crippen molar-refractivity contribution in [2.24, 2.45) is 0 Å². The summed E-state index contributed by atoms with van der Waals surface area (Å²) in [4.78, 5) is 28.2. The van der Waals surface area contributed by atoms with Crippen LogP contribution in [0.15, 0.2) is 48.7 Å². The fourth-order valence-corrected chi connectivity index (χ4v) is 4.22. The minimum atomic E-state index is -0.231. The first-order valence-electron chi connectivity index (χ1n) is 11.0. The van der Waals surface area contributed by atoms with Gasteiger partial charge in [0.1, 0.15) is 5.82 Å². The van der Waals surface area contributed by atoms with Gasteiger partial charge in [0.25, 0.3) is 0 Å². The Morgan fingerprint density at radius 2 is 1.94 bits per heavy atom. The van der Waals surface area contributed by atoms with E-state index in [-0.39, 0.29) is 17.8 Å². The normalized spacial score (nSPS) is 15.7. The fourth-order valence-electron chi connectivity index (χ4n) is 4.22. The Hall–Kier alpha value is -3.35. The van der Waals surface area contributed by atoms with Crippen LogP contribution in [0.3, 0.4) is 0 Å². The van der Waals surface area contributed by atoms with Crippen molar-refractivity contribution in [2.75, 3.05) is 18.4 Å². The molecule has 1 aliphatic rings. The Labute approximate surface area is 187 Å². The number of amides is 1. The molecule has 0 radical (unpaired) electrons. The molecular weight excluding hydrogens is 405 g/mol. The maximum absolute atomic E-state index is 13.4. The Bertz CT molecular complexity index is 1070. The molecule has 0 saturated carbocycles. The molecule has 1 amide bonds. The van der Waals surface area contributed by atoms with E-state index in [9.17, 15) is 9.18 Å². The van der Waals surface area contributed by atoms with Crippen LogP contribution in [0.25, 0.3) is 0 Å². The zero-order chi connectivity index (χ0) is 22.5. The molecule has 1 saturated heterocycles. The summed E-state index contributed by atoms with van der Waals surface area (Å²) in [6, 6.07) is 12.6. The molecule has 32 heavy (non-hydrogen) atoms. The Kier molecular flexibility index (Phi) is 6.73. The Morgan fingerprint density at radius 1 is 1.12 bits per heavy atom. The average Bonchev–Trinajstić information content (AvgIpc) is 3.24. The van der Waals surface area contributed by atoms with Crippen molar-refractivity contribution in [1.29, 1.82) is 0 Å². The van der Waals surface area contributed by atoms with Crippen molar-refractivity contribution < 1.29 is 9.18 Å². The lowest BCUT2D eigenvalue weighted by Gasteiger charge is -2.24. The number of benzene rings is 1. The van der Waals surface area contributed by atoms with Crippen molar-refractivity contribution in [1.82, 2.24) is 19.9 Å². The van der Waals surface area contributed by atoms with E-state index in [0.29, 0.717) is 25.3 Å². The lowest BCUT2D eigenvalue weighted by atomic mass is 10.0. The number of anilines is 1. The zero-order valence-electron chi connectivity index (χ0n) is 18.5. The molecule has 1 aliphatic heterocycles. The number of pyridine rings is 1. The van der Waals surface area contributed by atoms with Crippen LogP contribution in [0.2, 0.25) is 0 Å². The zero-order valence-corrected chi connectivity index (χ0v) is 18.5. The minimum Gasteiger partial charge on any atom is -0.354 e. The molecule has 7 heteroatoms. The van der Waals surface area contributed by atoms with Gasteiger partial charge in [-0.05, 0) is 68.5 Å². The highest BCUT2D eigenvalue weighted by molar-refractivity contribution is 5.77. The Morgan fingerprint density at radius 3 is 2.66 bits per heavy atom. The van der Waals surface area contributed by atoms with Crippen LogP contribution in [-0.4, -0.2) is 38.8 Å². The van der Waals surface area contributed by atoms with Crippen LogP contribution in [0.4, 0.5) is 10.3 Å². The lowest BCUT2D eigenvalue weighted by molar-refractivity contribution is -0.131. The van der Waals surface area contributed by atoms with Gasteiger partial charge in [-0.3, -0.25) is 9.78 Å². The summed E-state index contributed by atoms with van der Waals surface area (Å²) in [5.41, 5.74) is 4.64. The SMILES string of the molecule is Cc1cc(C)nc(NCCC(=O)N2CCC[C@@H]2c2ccc(Cc3cccc(F)c3)cn2)n1.